The highest BCUT2D eigenvalue weighted by Gasteiger charge is 2.12. The molecule has 0 bridgehead atoms. The van der Waals surface area contributed by atoms with E-state index in [0.717, 1.165) is 15.6 Å². The SMILES string of the molecule is Cc1cccc2c(=O)n(CCC(=O)N(C)Cc3ccccc3Br)cnc12. The molecule has 1 aromatic heterocycles. The lowest BCUT2D eigenvalue weighted by molar-refractivity contribution is -0.130. The van der Waals surface area contributed by atoms with Gasteiger partial charge in [-0.25, -0.2) is 4.98 Å². The topological polar surface area (TPSA) is 55.2 Å². The number of fused-ring (bicyclic) bond motifs is 1. The summed E-state index contributed by atoms with van der Waals surface area (Å²) in [5.74, 6) is -0.0167. The lowest BCUT2D eigenvalue weighted by atomic mass is 10.1. The number of halogens is 1. The number of hydrogen-bond acceptors (Lipinski definition) is 3. The number of amides is 1. The van der Waals surface area contributed by atoms with Gasteiger partial charge >= 0.3 is 0 Å². The van der Waals surface area contributed by atoms with Gasteiger partial charge in [-0.05, 0) is 30.2 Å². The van der Waals surface area contributed by atoms with Crippen molar-refractivity contribution in [3.05, 3.63) is 74.7 Å². The first-order chi connectivity index (χ1) is 12.5. The lowest BCUT2D eigenvalue weighted by Crippen LogP contribution is -2.29. The van der Waals surface area contributed by atoms with E-state index < -0.39 is 0 Å². The number of benzene rings is 2. The van der Waals surface area contributed by atoms with Crippen LogP contribution in [0.15, 0.2) is 58.1 Å². The predicted molar refractivity (Wildman–Crippen MR) is 106 cm³/mol. The van der Waals surface area contributed by atoms with Gasteiger partial charge in [-0.1, -0.05) is 46.3 Å². The fourth-order valence-corrected chi connectivity index (χ4v) is 3.28. The van der Waals surface area contributed by atoms with Crippen LogP contribution in [0.3, 0.4) is 0 Å². The van der Waals surface area contributed by atoms with E-state index in [1.165, 1.54) is 10.9 Å². The first-order valence-corrected chi connectivity index (χ1v) is 9.19. The van der Waals surface area contributed by atoms with E-state index in [9.17, 15) is 9.59 Å². The molecule has 1 heterocycles. The van der Waals surface area contributed by atoms with Crippen molar-refractivity contribution >= 4 is 32.7 Å². The zero-order valence-corrected chi connectivity index (χ0v) is 16.4. The average Bonchev–Trinajstić information content (AvgIpc) is 2.63. The van der Waals surface area contributed by atoms with E-state index in [0.29, 0.717) is 24.0 Å². The minimum Gasteiger partial charge on any atom is -0.341 e. The molecule has 1 amide bonds. The summed E-state index contributed by atoms with van der Waals surface area (Å²) in [5.41, 5.74) is 2.62. The molecule has 0 aliphatic heterocycles. The molecule has 134 valence electrons. The van der Waals surface area contributed by atoms with Gasteiger partial charge in [-0.15, -0.1) is 0 Å². The zero-order valence-electron chi connectivity index (χ0n) is 14.8. The van der Waals surface area contributed by atoms with Crippen LogP contribution >= 0.6 is 15.9 Å². The van der Waals surface area contributed by atoms with Crippen molar-refractivity contribution in [2.45, 2.75) is 26.4 Å². The van der Waals surface area contributed by atoms with E-state index in [2.05, 4.69) is 20.9 Å². The largest absolute Gasteiger partial charge is 0.341 e. The third-order valence-electron chi connectivity index (χ3n) is 4.41. The molecule has 0 aliphatic carbocycles. The fourth-order valence-electron chi connectivity index (χ4n) is 2.87. The van der Waals surface area contributed by atoms with Crippen molar-refractivity contribution in [2.24, 2.45) is 0 Å². The third-order valence-corrected chi connectivity index (χ3v) is 5.19. The molecule has 0 fully saturated rings. The summed E-state index contributed by atoms with van der Waals surface area (Å²) >= 11 is 3.50. The monoisotopic (exact) mass is 413 g/mol. The maximum Gasteiger partial charge on any atom is 0.261 e. The van der Waals surface area contributed by atoms with Gasteiger partial charge in [0.05, 0.1) is 17.2 Å². The minimum absolute atomic E-state index is 0.0167. The summed E-state index contributed by atoms with van der Waals surface area (Å²) in [6.45, 7) is 2.76. The van der Waals surface area contributed by atoms with Gasteiger partial charge in [-0.3, -0.25) is 14.2 Å². The Hall–Kier alpha value is -2.47. The maximum atomic E-state index is 12.6. The Morgan fingerprint density at radius 1 is 1.19 bits per heavy atom. The number of aromatic nitrogens is 2. The molecular weight excluding hydrogens is 394 g/mol. The van der Waals surface area contributed by atoms with Crippen molar-refractivity contribution in [3.63, 3.8) is 0 Å². The first-order valence-electron chi connectivity index (χ1n) is 8.39. The first kappa shape index (κ1) is 18.3. The van der Waals surface area contributed by atoms with E-state index in [-0.39, 0.29) is 17.9 Å². The van der Waals surface area contributed by atoms with Crippen molar-refractivity contribution in [2.75, 3.05) is 7.05 Å². The molecule has 2 aromatic carbocycles. The van der Waals surface area contributed by atoms with Crippen molar-refractivity contribution < 1.29 is 4.79 Å². The van der Waals surface area contributed by atoms with Gasteiger partial charge in [0, 0.05) is 31.0 Å². The molecule has 0 spiro atoms. The highest BCUT2D eigenvalue weighted by Crippen LogP contribution is 2.17. The summed E-state index contributed by atoms with van der Waals surface area (Å²) in [5, 5.41) is 0.585. The fraction of sp³-hybridized carbons (Fsp3) is 0.250. The normalized spacial score (nSPS) is 10.9. The van der Waals surface area contributed by atoms with Crippen LogP contribution in [0.2, 0.25) is 0 Å². The van der Waals surface area contributed by atoms with Gasteiger partial charge in [0.25, 0.3) is 5.56 Å². The van der Waals surface area contributed by atoms with Crippen LogP contribution in [-0.2, 0) is 17.9 Å². The second-order valence-electron chi connectivity index (χ2n) is 6.31. The smallest absolute Gasteiger partial charge is 0.261 e. The molecule has 3 aromatic rings. The standard InChI is InChI=1S/C20H20BrN3O2/c1-14-6-5-8-16-19(14)22-13-24(20(16)26)11-10-18(25)23(2)12-15-7-3-4-9-17(15)21/h3-9,13H,10-12H2,1-2H3. The predicted octanol–water partition coefficient (Wildman–Crippen LogP) is 3.52. The number of hydrogen-bond donors (Lipinski definition) is 0. The van der Waals surface area contributed by atoms with Crippen molar-refractivity contribution in [1.29, 1.82) is 0 Å². The Labute approximate surface area is 160 Å². The number of aryl methyl sites for hydroxylation is 2. The van der Waals surface area contributed by atoms with Gasteiger partial charge in [0.1, 0.15) is 0 Å². The molecule has 0 atom stereocenters. The summed E-state index contributed by atoms with van der Waals surface area (Å²) in [6.07, 6.45) is 1.78. The summed E-state index contributed by atoms with van der Waals surface area (Å²) in [4.78, 5) is 31.1. The van der Waals surface area contributed by atoms with E-state index >= 15 is 0 Å². The molecule has 6 heteroatoms. The van der Waals surface area contributed by atoms with Crippen LogP contribution in [0.25, 0.3) is 10.9 Å². The number of para-hydroxylation sites is 1. The van der Waals surface area contributed by atoms with Crippen LogP contribution in [-0.4, -0.2) is 27.4 Å². The van der Waals surface area contributed by atoms with E-state index in [4.69, 9.17) is 0 Å². The van der Waals surface area contributed by atoms with Crippen molar-refractivity contribution in [1.82, 2.24) is 14.5 Å². The number of nitrogens with zero attached hydrogens (tertiary/aromatic N) is 3. The van der Waals surface area contributed by atoms with Crippen molar-refractivity contribution in [3.8, 4) is 0 Å². The molecular formula is C20H20BrN3O2. The molecule has 0 saturated heterocycles. The minimum atomic E-state index is -0.111. The Kier molecular flexibility index (Phi) is 5.52. The zero-order chi connectivity index (χ0) is 18.7. The maximum absolute atomic E-state index is 12.6. The molecule has 0 N–H and O–H groups in total. The van der Waals surface area contributed by atoms with Crippen LogP contribution in [0.5, 0.6) is 0 Å². The average molecular weight is 414 g/mol. The summed E-state index contributed by atoms with van der Waals surface area (Å²) in [7, 11) is 1.77. The molecule has 26 heavy (non-hydrogen) atoms. The molecule has 0 saturated carbocycles. The number of rotatable bonds is 5. The third kappa shape index (κ3) is 3.85. The Bertz CT molecular complexity index is 1010. The van der Waals surface area contributed by atoms with Gasteiger partial charge in [0.2, 0.25) is 5.91 Å². The highest BCUT2D eigenvalue weighted by atomic mass is 79.9. The van der Waals surface area contributed by atoms with Crippen LogP contribution in [0, 0.1) is 6.92 Å². The molecule has 3 rings (SSSR count). The Morgan fingerprint density at radius 3 is 2.73 bits per heavy atom. The number of carbonyl (C=O) groups is 1. The van der Waals surface area contributed by atoms with Gasteiger partial charge < -0.3 is 4.90 Å². The van der Waals surface area contributed by atoms with Crippen LogP contribution in [0.1, 0.15) is 17.5 Å². The summed E-state index contributed by atoms with van der Waals surface area (Å²) < 4.78 is 2.48. The second kappa shape index (κ2) is 7.83. The van der Waals surface area contributed by atoms with E-state index in [1.54, 1.807) is 18.0 Å². The Balaban J connectivity index is 1.70. The van der Waals surface area contributed by atoms with Crippen LogP contribution in [0.4, 0.5) is 0 Å². The summed E-state index contributed by atoms with van der Waals surface area (Å²) in [6, 6.07) is 13.4. The van der Waals surface area contributed by atoms with Gasteiger partial charge in [-0.2, -0.15) is 0 Å². The lowest BCUT2D eigenvalue weighted by Gasteiger charge is -2.18. The Morgan fingerprint density at radius 2 is 1.96 bits per heavy atom. The molecule has 0 unspecified atom stereocenters. The van der Waals surface area contributed by atoms with E-state index in [1.807, 2.05) is 43.3 Å². The highest BCUT2D eigenvalue weighted by molar-refractivity contribution is 9.10. The quantitative estimate of drug-likeness (QED) is 0.642. The van der Waals surface area contributed by atoms with Crippen LogP contribution < -0.4 is 5.56 Å². The second-order valence-corrected chi connectivity index (χ2v) is 7.16. The van der Waals surface area contributed by atoms with Gasteiger partial charge in [0.15, 0.2) is 0 Å². The molecule has 0 aliphatic rings. The number of carbonyl (C=O) groups excluding carboxylic acids is 1. The molecule has 0 radical (unpaired) electrons. The molecule has 5 nitrogen and oxygen atoms in total.